The lowest BCUT2D eigenvalue weighted by Gasteiger charge is -2.09. The fourth-order valence-electron chi connectivity index (χ4n) is 2.25. The third-order valence-corrected chi connectivity index (χ3v) is 4.71. The van der Waals surface area contributed by atoms with E-state index < -0.39 is 6.09 Å². The quantitative estimate of drug-likeness (QED) is 0.557. The Kier molecular flexibility index (Phi) is 5.91. The Balaban J connectivity index is 1.67. The molecule has 3 rings (SSSR count). The fourth-order valence-corrected chi connectivity index (χ4v) is 3.21. The smallest absolute Gasteiger partial charge is 0.411 e. The summed E-state index contributed by atoms with van der Waals surface area (Å²) in [6.07, 6.45) is -0.440. The summed E-state index contributed by atoms with van der Waals surface area (Å²) < 4.78 is 5.11. The Bertz CT molecular complexity index is 874. The maximum Gasteiger partial charge on any atom is 0.411 e. The molecule has 0 unspecified atom stereocenters. The van der Waals surface area contributed by atoms with Gasteiger partial charge < -0.3 is 4.74 Å². The Morgan fingerprint density at radius 1 is 1.12 bits per heavy atom. The van der Waals surface area contributed by atoms with Gasteiger partial charge in [-0.2, -0.15) is 0 Å². The molecular weight excluding hydrogens is 368 g/mol. The third kappa shape index (κ3) is 4.84. The molecular formula is C20H19ClN2O2S. The molecule has 0 aliphatic carbocycles. The molecule has 0 radical (unpaired) electrons. The molecule has 2 aromatic carbocycles. The van der Waals surface area contributed by atoms with Crippen molar-refractivity contribution in [2.24, 2.45) is 5.92 Å². The van der Waals surface area contributed by atoms with E-state index in [1.807, 2.05) is 67.8 Å². The van der Waals surface area contributed by atoms with Crippen LogP contribution in [0.25, 0.3) is 21.8 Å². The molecule has 0 saturated carbocycles. The lowest BCUT2D eigenvalue weighted by Crippen LogP contribution is -2.16. The number of halogens is 1. The number of amides is 1. The first-order chi connectivity index (χ1) is 12.5. The van der Waals surface area contributed by atoms with Crippen molar-refractivity contribution in [3.63, 3.8) is 0 Å². The van der Waals surface area contributed by atoms with Crippen LogP contribution in [-0.2, 0) is 4.74 Å². The van der Waals surface area contributed by atoms with Gasteiger partial charge in [-0.1, -0.05) is 49.7 Å². The first-order valence-corrected chi connectivity index (χ1v) is 9.52. The van der Waals surface area contributed by atoms with Crippen molar-refractivity contribution in [2.45, 2.75) is 13.8 Å². The number of anilines is 1. The lowest BCUT2D eigenvalue weighted by atomic mass is 10.1. The minimum absolute atomic E-state index is 0.308. The SMILES string of the molecule is CC(C)COC(=O)Nc1ccc(-c2csc(-c3ccc(Cl)cc3)n2)cc1. The number of carbonyl (C=O) groups excluding carboxylic acids is 1. The van der Waals surface area contributed by atoms with Crippen molar-refractivity contribution in [1.82, 2.24) is 4.98 Å². The van der Waals surface area contributed by atoms with Gasteiger partial charge in [0.2, 0.25) is 0 Å². The molecule has 26 heavy (non-hydrogen) atoms. The number of nitrogens with one attached hydrogen (secondary N) is 1. The van der Waals surface area contributed by atoms with Crippen LogP contribution in [0.5, 0.6) is 0 Å². The van der Waals surface area contributed by atoms with Gasteiger partial charge in [-0.05, 0) is 30.2 Å². The zero-order valence-corrected chi connectivity index (χ0v) is 16.1. The van der Waals surface area contributed by atoms with Crippen LogP contribution in [0.1, 0.15) is 13.8 Å². The number of nitrogens with zero attached hydrogens (tertiary/aromatic N) is 1. The number of benzene rings is 2. The second-order valence-corrected chi connectivity index (χ2v) is 7.53. The van der Waals surface area contributed by atoms with E-state index in [-0.39, 0.29) is 0 Å². The van der Waals surface area contributed by atoms with E-state index in [4.69, 9.17) is 16.3 Å². The third-order valence-electron chi connectivity index (χ3n) is 3.57. The topological polar surface area (TPSA) is 51.2 Å². The van der Waals surface area contributed by atoms with Crippen LogP contribution < -0.4 is 5.32 Å². The summed E-state index contributed by atoms with van der Waals surface area (Å²) >= 11 is 7.51. The van der Waals surface area contributed by atoms with E-state index >= 15 is 0 Å². The Hall–Kier alpha value is -2.37. The highest BCUT2D eigenvalue weighted by Gasteiger charge is 2.08. The van der Waals surface area contributed by atoms with Gasteiger partial charge in [0.05, 0.1) is 12.3 Å². The van der Waals surface area contributed by atoms with Crippen molar-refractivity contribution in [1.29, 1.82) is 0 Å². The number of hydrogen-bond donors (Lipinski definition) is 1. The largest absolute Gasteiger partial charge is 0.449 e. The summed E-state index contributed by atoms with van der Waals surface area (Å²) in [5.41, 5.74) is 3.61. The molecule has 1 N–H and O–H groups in total. The van der Waals surface area contributed by atoms with Gasteiger partial charge in [0.25, 0.3) is 0 Å². The summed E-state index contributed by atoms with van der Waals surface area (Å²) in [6.45, 7) is 4.39. The van der Waals surface area contributed by atoms with Crippen LogP contribution in [0.15, 0.2) is 53.9 Å². The Morgan fingerprint density at radius 2 is 1.77 bits per heavy atom. The number of hydrogen-bond acceptors (Lipinski definition) is 4. The van der Waals surface area contributed by atoms with Gasteiger partial charge in [-0.15, -0.1) is 11.3 Å². The Labute approximate surface area is 161 Å². The maximum absolute atomic E-state index is 11.7. The highest BCUT2D eigenvalue weighted by molar-refractivity contribution is 7.13. The van der Waals surface area contributed by atoms with Crippen molar-refractivity contribution >= 4 is 34.7 Å². The van der Waals surface area contributed by atoms with E-state index in [1.165, 1.54) is 0 Å². The molecule has 0 fully saturated rings. The first-order valence-electron chi connectivity index (χ1n) is 8.27. The van der Waals surface area contributed by atoms with Crippen LogP contribution in [0, 0.1) is 5.92 Å². The summed E-state index contributed by atoms with van der Waals surface area (Å²) in [4.78, 5) is 16.4. The van der Waals surface area contributed by atoms with E-state index in [0.717, 1.165) is 21.8 Å². The predicted octanol–water partition coefficient (Wildman–Crippen LogP) is 6.34. The van der Waals surface area contributed by atoms with E-state index in [2.05, 4.69) is 10.3 Å². The van der Waals surface area contributed by atoms with Crippen molar-refractivity contribution in [3.05, 3.63) is 58.9 Å². The van der Waals surface area contributed by atoms with Crippen LogP contribution in [-0.4, -0.2) is 17.7 Å². The van der Waals surface area contributed by atoms with Crippen LogP contribution in [0.2, 0.25) is 5.02 Å². The maximum atomic E-state index is 11.7. The molecule has 1 aromatic heterocycles. The monoisotopic (exact) mass is 386 g/mol. The second kappa shape index (κ2) is 8.34. The molecule has 1 heterocycles. The van der Waals surface area contributed by atoms with Crippen LogP contribution in [0.3, 0.4) is 0 Å². The second-order valence-electron chi connectivity index (χ2n) is 6.24. The fraction of sp³-hybridized carbons (Fsp3) is 0.200. The number of ether oxygens (including phenoxy) is 1. The number of thiazole rings is 1. The molecule has 0 aliphatic rings. The summed E-state index contributed by atoms with van der Waals surface area (Å²) in [6, 6.07) is 15.2. The first kappa shape index (κ1) is 18.4. The van der Waals surface area contributed by atoms with Crippen molar-refractivity contribution in [2.75, 3.05) is 11.9 Å². The van der Waals surface area contributed by atoms with E-state index in [9.17, 15) is 4.79 Å². The minimum Gasteiger partial charge on any atom is -0.449 e. The number of aromatic nitrogens is 1. The van der Waals surface area contributed by atoms with E-state index in [1.54, 1.807) is 11.3 Å². The van der Waals surface area contributed by atoms with E-state index in [0.29, 0.717) is 23.2 Å². The zero-order valence-electron chi connectivity index (χ0n) is 14.5. The molecule has 1 amide bonds. The predicted molar refractivity (Wildman–Crippen MR) is 108 cm³/mol. The van der Waals surface area contributed by atoms with Gasteiger partial charge in [0.1, 0.15) is 5.01 Å². The molecule has 0 spiro atoms. The molecule has 134 valence electrons. The van der Waals surface area contributed by atoms with Crippen LogP contribution >= 0.6 is 22.9 Å². The van der Waals surface area contributed by atoms with Gasteiger partial charge in [0.15, 0.2) is 0 Å². The molecule has 3 aromatic rings. The molecule has 4 nitrogen and oxygen atoms in total. The molecule has 0 aliphatic heterocycles. The zero-order chi connectivity index (χ0) is 18.5. The molecule has 6 heteroatoms. The van der Waals surface area contributed by atoms with Gasteiger partial charge in [0, 0.05) is 27.2 Å². The van der Waals surface area contributed by atoms with Gasteiger partial charge in [-0.3, -0.25) is 5.32 Å². The minimum atomic E-state index is -0.440. The summed E-state index contributed by atoms with van der Waals surface area (Å²) in [7, 11) is 0. The molecule has 0 atom stereocenters. The lowest BCUT2D eigenvalue weighted by molar-refractivity contribution is 0.147. The number of carbonyl (C=O) groups is 1. The Morgan fingerprint density at radius 3 is 2.42 bits per heavy atom. The average Bonchev–Trinajstić information content (AvgIpc) is 3.11. The highest BCUT2D eigenvalue weighted by Crippen LogP contribution is 2.30. The van der Waals surface area contributed by atoms with Crippen molar-refractivity contribution in [3.8, 4) is 21.8 Å². The van der Waals surface area contributed by atoms with Crippen molar-refractivity contribution < 1.29 is 9.53 Å². The van der Waals surface area contributed by atoms with Crippen LogP contribution in [0.4, 0.5) is 10.5 Å². The summed E-state index contributed by atoms with van der Waals surface area (Å²) in [5, 5.41) is 6.39. The molecule has 0 saturated heterocycles. The highest BCUT2D eigenvalue weighted by atomic mass is 35.5. The van der Waals surface area contributed by atoms with Gasteiger partial charge >= 0.3 is 6.09 Å². The summed E-state index contributed by atoms with van der Waals surface area (Å²) in [5.74, 6) is 0.308. The average molecular weight is 387 g/mol. The van der Waals surface area contributed by atoms with Gasteiger partial charge in [-0.25, -0.2) is 9.78 Å². The standard InChI is InChI=1S/C20H19ClN2O2S/c1-13(2)11-25-20(24)22-17-9-5-14(6-10-17)18-12-26-19(23-18)15-3-7-16(21)8-4-15/h3-10,12-13H,11H2,1-2H3,(H,22,24). The number of rotatable bonds is 5. The normalized spacial score (nSPS) is 10.8. The molecule has 0 bridgehead atoms.